The minimum absolute atomic E-state index is 0.202. The Balaban J connectivity index is 1.59. The van der Waals surface area contributed by atoms with Crippen LogP contribution in [-0.4, -0.2) is 21.8 Å². The Morgan fingerprint density at radius 1 is 1.04 bits per heavy atom. The molecule has 1 saturated heterocycles. The fourth-order valence-electron chi connectivity index (χ4n) is 2.66. The van der Waals surface area contributed by atoms with E-state index in [0.717, 1.165) is 20.8 Å². The summed E-state index contributed by atoms with van der Waals surface area (Å²) in [5.74, 6) is -0.236. The summed E-state index contributed by atoms with van der Waals surface area (Å²) in [4.78, 5) is 30.4. The lowest BCUT2D eigenvalue weighted by molar-refractivity contribution is -0.128. The molecular weight excluding hydrogens is 310 g/mol. The number of nitrogens with zero attached hydrogens (tertiary/aromatic N) is 2. The van der Waals surface area contributed by atoms with Gasteiger partial charge in [-0.1, -0.05) is 42.5 Å². The molecule has 4 rings (SSSR count). The van der Waals surface area contributed by atoms with Gasteiger partial charge in [0, 0.05) is 0 Å². The molecule has 1 N–H and O–H groups in total. The van der Waals surface area contributed by atoms with Crippen molar-refractivity contribution in [1.29, 1.82) is 0 Å². The van der Waals surface area contributed by atoms with Gasteiger partial charge >= 0.3 is 6.03 Å². The van der Waals surface area contributed by atoms with E-state index < -0.39 is 6.04 Å². The van der Waals surface area contributed by atoms with Crippen LogP contribution in [0.5, 0.6) is 0 Å². The summed E-state index contributed by atoms with van der Waals surface area (Å²) < 4.78 is 1.05. The second kappa shape index (κ2) is 5.48. The number of rotatable bonds is 3. The van der Waals surface area contributed by atoms with Gasteiger partial charge in [-0.3, -0.25) is 9.69 Å². The zero-order valence-corrected chi connectivity index (χ0v) is 12.9. The molecule has 1 aliphatic heterocycles. The highest BCUT2D eigenvalue weighted by molar-refractivity contribution is 7.18. The van der Waals surface area contributed by atoms with Gasteiger partial charge in [-0.2, -0.15) is 0 Å². The zero-order valence-electron chi connectivity index (χ0n) is 12.1. The number of aromatic nitrogens is 1. The molecule has 1 fully saturated rings. The third-order valence-electron chi connectivity index (χ3n) is 3.79. The Morgan fingerprint density at radius 2 is 1.78 bits per heavy atom. The van der Waals surface area contributed by atoms with Crippen molar-refractivity contribution >= 4 is 33.5 Å². The van der Waals surface area contributed by atoms with E-state index in [0.29, 0.717) is 0 Å². The molecule has 1 atom stereocenters. The maximum Gasteiger partial charge on any atom is 0.325 e. The van der Waals surface area contributed by atoms with Crippen LogP contribution in [0.4, 0.5) is 4.79 Å². The smallest absolute Gasteiger partial charge is 0.322 e. The van der Waals surface area contributed by atoms with Crippen molar-refractivity contribution in [3.8, 4) is 0 Å². The molecule has 0 radical (unpaired) electrons. The number of carbonyl (C=O) groups excluding carboxylic acids is 2. The molecule has 1 unspecified atom stereocenters. The van der Waals surface area contributed by atoms with Crippen molar-refractivity contribution in [2.45, 2.75) is 12.6 Å². The van der Waals surface area contributed by atoms with E-state index in [1.54, 1.807) is 0 Å². The number of imide groups is 1. The summed E-state index contributed by atoms with van der Waals surface area (Å²) in [6, 6.07) is 16.0. The highest BCUT2D eigenvalue weighted by atomic mass is 32.1. The number of fused-ring (bicyclic) bond motifs is 1. The van der Waals surface area contributed by atoms with Crippen LogP contribution >= 0.6 is 11.3 Å². The first-order valence-electron chi connectivity index (χ1n) is 7.23. The molecule has 114 valence electrons. The fraction of sp³-hybridized carbons (Fsp3) is 0.118. The van der Waals surface area contributed by atoms with E-state index >= 15 is 0 Å². The molecule has 6 heteroatoms. The van der Waals surface area contributed by atoms with Gasteiger partial charge in [-0.25, -0.2) is 9.78 Å². The fourth-order valence-corrected chi connectivity index (χ4v) is 3.62. The Hall–Kier alpha value is -2.73. The molecule has 2 heterocycles. The lowest BCUT2D eigenvalue weighted by Crippen LogP contribution is -2.30. The maximum atomic E-state index is 12.6. The Kier molecular flexibility index (Phi) is 3.31. The first kappa shape index (κ1) is 13.9. The summed E-state index contributed by atoms with van der Waals surface area (Å²) >= 11 is 1.50. The van der Waals surface area contributed by atoms with Crippen LogP contribution in [-0.2, 0) is 11.3 Å². The van der Waals surface area contributed by atoms with Crippen molar-refractivity contribution in [3.63, 3.8) is 0 Å². The van der Waals surface area contributed by atoms with Crippen molar-refractivity contribution in [2.75, 3.05) is 0 Å². The van der Waals surface area contributed by atoms with Gasteiger partial charge in [0.25, 0.3) is 5.91 Å². The molecule has 3 amide bonds. The predicted octanol–water partition coefficient (Wildman–Crippen LogP) is 3.09. The normalized spacial score (nSPS) is 17.7. The van der Waals surface area contributed by atoms with Gasteiger partial charge in [-0.15, -0.1) is 11.3 Å². The average molecular weight is 323 g/mol. The Morgan fingerprint density at radius 3 is 2.57 bits per heavy atom. The van der Waals surface area contributed by atoms with Crippen LogP contribution in [0.25, 0.3) is 10.2 Å². The van der Waals surface area contributed by atoms with Crippen LogP contribution in [0.3, 0.4) is 0 Å². The second-order valence-corrected chi connectivity index (χ2v) is 6.41. The standard InChI is InChI=1S/C17H13N3O2S/c21-16-15(11-6-2-1-3-7-11)19-17(22)20(16)10-14-18-12-8-4-5-9-13(12)23-14/h1-9,15H,10H2,(H,19,22). The van der Waals surface area contributed by atoms with Crippen LogP contribution < -0.4 is 5.32 Å². The number of hydrogen-bond donors (Lipinski definition) is 1. The SMILES string of the molecule is O=C1NC(c2ccccc2)C(=O)N1Cc1nc2ccccc2s1. The monoisotopic (exact) mass is 323 g/mol. The van der Waals surface area contributed by atoms with E-state index in [-0.39, 0.29) is 18.5 Å². The molecule has 1 aromatic heterocycles. The molecule has 3 aromatic rings. The first-order chi connectivity index (χ1) is 11.2. The molecular formula is C17H13N3O2S. The molecule has 0 spiro atoms. The van der Waals surface area contributed by atoms with E-state index in [4.69, 9.17) is 0 Å². The molecule has 1 aliphatic rings. The first-order valence-corrected chi connectivity index (χ1v) is 8.05. The van der Waals surface area contributed by atoms with Crippen molar-refractivity contribution in [3.05, 3.63) is 65.2 Å². The van der Waals surface area contributed by atoms with E-state index in [2.05, 4.69) is 10.3 Å². The van der Waals surface area contributed by atoms with Crippen LogP contribution in [0, 0.1) is 0 Å². The number of amides is 3. The van der Waals surface area contributed by atoms with E-state index in [1.165, 1.54) is 16.2 Å². The predicted molar refractivity (Wildman–Crippen MR) is 87.9 cm³/mol. The number of nitrogens with one attached hydrogen (secondary N) is 1. The summed E-state index contributed by atoms with van der Waals surface area (Å²) in [5.41, 5.74) is 1.68. The lowest BCUT2D eigenvalue weighted by Gasteiger charge is -2.11. The van der Waals surface area contributed by atoms with Gasteiger partial charge in [0.05, 0.1) is 16.8 Å². The topological polar surface area (TPSA) is 62.3 Å². The second-order valence-electron chi connectivity index (χ2n) is 5.29. The Bertz CT molecular complexity index is 858. The summed E-state index contributed by atoms with van der Waals surface area (Å²) in [7, 11) is 0. The van der Waals surface area contributed by atoms with Crippen LogP contribution in [0.15, 0.2) is 54.6 Å². The van der Waals surface area contributed by atoms with Gasteiger partial charge in [0.15, 0.2) is 0 Å². The average Bonchev–Trinajstić information content (AvgIpc) is 3.11. The van der Waals surface area contributed by atoms with Crippen molar-refractivity contribution < 1.29 is 9.59 Å². The quantitative estimate of drug-likeness (QED) is 0.753. The minimum Gasteiger partial charge on any atom is -0.322 e. The van der Waals surface area contributed by atoms with Gasteiger partial charge in [0.1, 0.15) is 11.0 Å². The number of carbonyl (C=O) groups is 2. The van der Waals surface area contributed by atoms with Gasteiger partial charge in [0.2, 0.25) is 0 Å². The molecule has 5 nitrogen and oxygen atoms in total. The highest BCUT2D eigenvalue weighted by Gasteiger charge is 2.39. The Labute approximate surface area is 136 Å². The van der Waals surface area contributed by atoms with E-state index in [9.17, 15) is 9.59 Å². The largest absolute Gasteiger partial charge is 0.325 e. The van der Waals surface area contributed by atoms with Crippen molar-refractivity contribution in [1.82, 2.24) is 15.2 Å². The highest BCUT2D eigenvalue weighted by Crippen LogP contribution is 2.26. The molecule has 0 aliphatic carbocycles. The third-order valence-corrected chi connectivity index (χ3v) is 4.81. The number of benzene rings is 2. The lowest BCUT2D eigenvalue weighted by atomic mass is 10.1. The molecule has 23 heavy (non-hydrogen) atoms. The maximum absolute atomic E-state index is 12.6. The summed E-state index contributed by atoms with van der Waals surface area (Å²) in [6.45, 7) is 0.202. The molecule has 0 saturated carbocycles. The van der Waals surface area contributed by atoms with Gasteiger partial charge < -0.3 is 5.32 Å². The van der Waals surface area contributed by atoms with Gasteiger partial charge in [-0.05, 0) is 17.7 Å². The molecule has 0 bridgehead atoms. The number of para-hydroxylation sites is 1. The number of hydrogen-bond acceptors (Lipinski definition) is 4. The summed E-state index contributed by atoms with van der Waals surface area (Å²) in [5, 5.41) is 3.49. The zero-order chi connectivity index (χ0) is 15.8. The van der Waals surface area contributed by atoms with Crippen LogP contribution in [0.2, 0.25) is 0 Å². The third kappa shape index (κ3) is 2.47. The molecule has 2 aromatic carbocycles. The number of urea groups is 1. The van der Waals surface area contributed by atoms with Crippen molar-refractivity contribution in [2.24, 2.45) is 0 Å². The van der Waals surface area contributed by atoms with Crippen LogP contribution in [0.1, 0.15) is 16.6 Å². The number of thiazole rings is 1. The minimum atomic E-state index is -0.613. The van der Waals surface area contributed by atoms with E-state index in [1.807, 2.05) is 54.6 Å². The summed E-state index contributed by atoms with van der Waals surface area (Å²) in [6.07, 6.45) is 0.